The van der Waals surface area contributed by atoms with E-state index >= 15 is 0 Å². The summed E-state index contributed by atoms with van der Waals surface area (Å²) in [6, 6.07) is 8.55. The highest BCUT2D eigenvalue weighted by Gasteiger charge is 2.29. The first-order chi connectivity index (χ1) is 18.9. The minimum atomic E-state index is 0.0416. The summed E-state index contributed by atoms with van der Waals surface area (Å²) >= 11 is 0. The normalized spacial score (nSPS) is 20.3. The fraction of sp³-hybridized carbons (Fsp3) is 0.438. The molecule has 1 aromatic carbocycles. The molecule has 2 aromatic heterocycles. The Morgan fingerprint density at radius 3 is 2.00 bits per heavy atom. The molecule has 3 aliphatic rings. The van der Waals surface area contributed by atoms with Crippen LogP contribution in [-0.4, -0.2) is 34.9 Å². The molecular weight excluding hydrogens is 486 g/mol. The third-order valence-electron chi connectivity index (χ3n) is 8.22. The predicted molar refractivity (Wildman–Crippen MR) is 156 cm³/mol. The Morgan fingerprint density at radius 1 is 0.769 bits per heavy atom. The number of rotatable bonds is 6. The van der Waals surface area contributed by atoms with Crippen LogP contribution in [-0.2, 0) is 22.3 Å². The van der Waals surface area contributed by atoms with Crippen LogP contribution in [0.4, 0.5) is 11.6 Å². The Bertz CT molecular complexity index is 1520. The second-order valence-electron chi connectivity index (χ2n) is 10.8. The fourth-order valence-electron chi connectivity index (χ4n) is 6.12. The van der Waals surface area contributed by atoms with E-state index in [2.05, 4.69) is 57.3 Å². The number of pyridine rings is 2. The summed E-state index contributed by atoms with van der Waals surface area (Å²) in [7, 11) is 0. The number of aromatic nitrogens is 2. The van der Waals surface area contributed by atoms with E-state index in [1.54, 1.807) is 0 Å². The molecule has 0 unspecified atom stereocenters. The van der Waals surface area contributed by atoms with Gasteiger partial charge in [-0.1, -0.05) is 0 Å². The molecule has 7 nitrogen and oxygen atoms in total. The monoisotopic (exact) mass is 523 g/mol. The molecular formula is C32H37N5O2. The van der Waals surface area contributed by atoms with Gasteiger partial charge in [0.15, 0.2) is 11.7 Å². The van der Waals surface area contributed by atoms with Crippen LogP contribution in [0.2, 0.25) is 0 Å². The number of nitrogens with one attached hydrogen (secondary N) is 1. The van der Waals surface area contributed by atoms with E-state index in [1.165, 1.54) is 33.4 Å². The van der Waals surface area contributed by atoms with E-state index in [-0.39, 0.29) is 12.2 Å². The Morgan fingerprint density at radius 2 is 1.36 bits per heavy atom. The molecule has 0 bridgehead atoms. The molecule has 3 aromatic rings. The second kappa shape index (κ2) is 10.3. The van der Waals surface area contributed by atoms with Gasteiger partial charge in [0.25, 0.3) is 0 Å². The van der Waals surface area contributed by atoms with Crippen molar-refractivity contribution in [2.24, 2.45) is 9.98 Å². The van der Waals surface area contributed by atoms with Gasteiger partial charge in [0.2, 0.25) is 0 Å². The molecule has 7 heteroatoms. The van der Waals surface area contributed by atoms with E-state index in [1.807, 2.05) is 13.8 Å². The quantitative estimate of drug-likeness (QED) is 0.388. The zero-order valence-electron chi connectivity index (χ0n) is 23.8. The number of fused-ring (bicyclic) bond motifs is 3. The summed E-state index contributed by atoms with van der Waals surface area (Å²) in [5.74, 6) is 2.88. The number of amidine groups is 2. The predicted octanol–water partition coefficient (Wildman–Crippen LogP) is 6.71. The van der Waals surface area contributed by atoms with Crippen molar-refractivity contribution in [3.05, 3.63) is 80.2 Å². The molecule has 0 spiro atoms. The van der Waals surface area contributed by atoms with Crippen molar-refractivity contribution < 1.29 is 9.47 Å². The summed E-state index contributed by atoms with van der Waals surface area (Å²) in [5.41, 5.74) is 11.6. The van der Waals surface area contributed by atoms with E-state index in [0.717, 1.165) is 59.9 Å². The Hall–Kier alpha value is -3.42. The van der Waals surface area contributed by atoms with Gasteiger partial charge in [0.1, 0.15) is 23.9 Å². The maximum Gasteiger partial charge on any atom is 0.164 e. The highest BCUT2D eigenvalue weighted by molar-refractivity contribution is 6.26. The van der Waals surface area contributed by atoms with E-state index in [9.17, 15) is 0 Å². The summed E-state index contributed by atoms with van der Waals surface area (Å²) in [6.45, 7) is 14.0. The fourth-order valence-corrected chi connectivity index (χ4v) is 6.12. The SMILES string of the molecule is CCO[C@@H]1CCc2c(C)cc(N=C3N=C(Nc4cc(C)c5c(n4)[C@H](OCC)CC5)c4cc(C)c(C)cc43)nc21. The summed E-state index contributed by atoms with van der Waals surface area (Å²) < 4.78 is 12.0. The number of hydrogen-bond acceptors (Lipinski definition) is 6. The number of aryl methyl sites for hydroxylation is 4. The first kappa shape index (κ1) is 25.8. The molecule has 0 fully saturated rings. The zero-order chi connectivity index (χ0) is 27.3. The van der Waals surface area contributed by atoms with Crippen LogP contribution >= 0.6 is 0 Å². The number of aliphatic imine (C=N–C) groups is 2. The highest BCUT2D eigenvalue weighted by atomic mass is 16.5. The van der Waals surface area contributed by atoms with Crippen molar-refractivity contribution in [1.82, 2.24) is 9.97 Å². The van der Waals surface area contributed by atoms with Crippen LogP contribution in [0.25, 0.3) is 0 Å². The van der Waals surface area contributed by atoms with Crippen LogP contribution in [0.15, 0.2) is 34.3 Å². The Kier molecular flexibility index (Phi) is 6.81. The average Bonchev–Trinajstić information content (AvgIpc) is 3.58. The van der Waals surface area contributed by atoms with Gasteiger partial charge in [-0.15, -0.1) is 0 Å². The molecule has 2 atom stereocenters. The molecule has 0 amide bonds. The summed E-state index contributed by atoms with van der Waals surface area (Å²) in [6.07, 6.45) is 4.06. The van der Waals surface area contributed by atoms with Crippen molar-refractivity contribution in [3.8, 4) is 0 Å². The molecule has 3 heterocycles. The Balaban J connectivity index is 1.39. The summed E-state index contributed by atoms with van der Waals surface area (Å²) in [4.78, 5) is 19.9. The minimum Gasteiger partial charge on any atom is -0.372 e. The van der Waals surface area contributed by atoms with Crippen molar-refractivity contribution in [3.63, 3.8) is 0 Å². The third kappa shape index (κ3) is 4.68. The first-order valence-electron chi connectivity index (χ1n) is 14.2. The van der Waals surface area contributed by atoms with Gasteiger partial charge in [-0.3, -0.25) is 0 Å². The van der Waals surface area contributed by atoms with Crippen LogP contribution in [0.5, 0.6) is 0 Å². The van der Waals surface area contributed by atoms with Crippen molar-refractivity contribution >= 4 is 23.3 Å². The molecule has 1 N–H and O–H groups in total. The summed E-state index contributed by atoms with van der Waals surface area (Å²) in [5, 5.41) is 3.53. The molecule has 1 aliphatic heterocycles. The lowest BCUT2D eigenvalue weighted by molar-refractivity contribution is 0.0613. The number of benzene rings is 1. The van der Waals surface area contributed by atoms with Crippen LogP contribution in [0.1, 0.15) is 94.8 Å². The van der Waals surface area contributed by atoms with E-state index < -0.39 is 0 Å². The average molecular weight is 524 g/mol. The standard InChI is InChI=1S/C32H37N5O2/c1-7-38-25-11-9-21-19(5)15-27(33-29(21)25)35-31-23-13-17(3)18(4)14-24(23)32(37-31)36-28-16-20(6)22-10-12-26(39-8-2)30(22)34-28/h13-16,25-26H,7-12H2,1-6H3,(H,33,34,35,36,37)/t25-,26-/m1/s1. The van der Waals surface area contributed by atoms with Gasteiger partial charge in [0, 0.05) is 24.3 Å². The van der Waals surface area contributed by atoms with Gasteiger partial charge >= 0.3 is 0 Å². The maximum absolute atomic E-state index is 5.99. The second-order valence-corrected chi connectivity index (χ2v) is 10.8. The zero-order valence-corrected chi connectivity index (χ0v) is 23.8. The van der Waals surface area contributed by atoms with Gasteiger partial charge in [-0.2, -0.15) is 0 Å². The van der Waals surface area contributed by atoms with E-state index in [0.29, 0.717) is 24.9 Å². The van der Waals surface area contributed by atoms with Crippen molar-refractivity contribution in [1.29, 1.82) is 0 Å². The van der Waals surface area contributed by atoms with Crippen LogP contribution in [0.3, 0.4) is 0 Å². The number of ether oxygens (including phenoxy) is 2. The molecule has 0 saturated heterocycles. The molecule has 6 rings (SSSR count). The highest BCUT2D eigenvalue weighted by Crippen LogP contribution is 2.38. The lowest BCUT2D eigenvalue weighted by Gasteiger charge is -2.14. The topological polar surface area (TPSA) is 81.0 Å². The van der Waals surface area contributed by atoms with Crippen LogP contribution in [0, 0.1) is 27.7 Å². The third-order valence-corrected chi connectivity index (χ3v) is 8.22. The van der Waals surface area contributed by atoms with Crippen molar-refractivity contribution in [2.45, 2.75) is 79.4 Å². The largest absolute Gasteiger partial charge is 0.372 e. The van der Waals surface area contributed by atoms with Gasteiger partial charge in [0.05, 0.1) is 11.4 Å². The van der Waals surface area contributed by atoms with Gasteiger partial charge < -0.3 is 14.8 Å². The van der Waals surface area contributed by atoms with Gasteiger partial charge in [-0.05, 0) is 125 Å². The molecule has 39 heavy (non-hydrogen) atoms. The number of anilines is 1. The molecule has 202 valence electrons. The van der Waals surface area contributed by atoms with Gasteiger partial charge in [-0.25, -0.2) is 20.0 Å². The van der Waals surface area contributed by atoms with E-state index in [4.69, 9.17) is 29.4 Å². The lowest BCUT2D eigenvalue weighted by atomic mass is 10.00. The lowest BCUT2D eigenvalue weighted by Crippen LogP contribution is -2.15. The number of nitrogens with zero attached hydrogens (tertiary/aromatic N) is 4. The van der Waals surface area contributed by atoms with Crippen LogP contribution < -0.4 is 5.32 Å². The number of hydrogen-bond donors (Lipinski definition) is 1. The van der Waals surface area contributed by atoms with Crippen molar-refractivity contribution in [2.75, 3.05) is 18.5 Å². The minimum absolute atomic E-state index is 0.0416. The molecule has 0 radical (unpaired) electrons. The smallest absolute Gasteiger partial charge is 0.164 e. The molecule has 2 aliphatic carbocycles. The maximum atomic E-state index is 5.99. The first-order valence-corrected chi connectivity index (χ1v) is 14.2. The Labute approximate surface area is 230 Å². The molecule has 0 saturated carbocycles.